The first-order valence-electron chi connectivity index (χ1n) is 6.19. The lowest BCUT2D eigenvalue weighted by molar-refractivity contribution is -0.384. The molecule has 0 fully saturated rings. The van der Waals surface area contributed by atoms with Gasteiger partial charge in [0.05, 0.1) is 17.1 Å². The number of aromatic nitrogens is 1. The second kappa shape index (κ2) is 6.89. The summed E-state index contributed by atoms with van der Waals surface area (Å²) in [5, 5.41) is 25.8. The Bertz CT molecular complexity index is 437. The van der Waals surface area contributed by atoms with E-state index in [4.69, 9.17) is 5.11 Å². The Balaban J connectivity index is 2.98. The van der Waals surface area contributed by atoms with E-state index in [1.165, 1.54) is 12.1 Å². The van der Waals surface area contributed by atoms with E-state index in [0.717, 1.165) is 0 Å². The van der Waals surface area contributed by atoms with Gasteiger partial charge < -0.3 is 15.7 Å². The predicted molar refractivity (Wildman–Crippen MR) is 74.4 cm³/mol. The van der Waals surface area contributed by atoms with Gasteiger partial charge in [-0.25, -0.2) is 4.98 Å². The van der Waals surface area contributed by atoms with E-state index >= 15 is 0 Å². The summed E-state index contributed by atoms with van der Waals surface area (Å²) in [4.78, 5) is 14.6. The number of rotatable bonds is 7. The first-order valence-corrected chi connectivity index (χ1v) is 6.19. The lowest BCUT2D eigenvalue weighted by Gasteiger charge is -2.22. The zero-order valence-electron chi connectivity index (χ0n) is 11.4. The van der Waals surface area contributed by atoms with Crippen molar-refractivity contribution in [2.75, 3.05) is 24.3 Å². The van der Waals surface area contributed by atoms with Crippen LogP contribution < -0.4 is 10.6 Å². The highest BCUT2D eigenvalue weighted by molar-refractivity contribution is 5.54. The van der Waals surface area contributed by atoms with Crippen molar-refractivity contribution in [3.8, 4) is 0 Å². The van der Waals surface area contributed by atoms with Gasteiger partial charge in [0.2, 0.25) is 0 Å². The van der Waals surface area contributed by atoms with Crippen molar-refractivity contribution in [2.24, 2.45) is 5.92 Å². The Kier molecular flexibility index (Phi) is 5.50. The summed E-state index contributed by atoms with van der Waals surface area (Å²) in [6, 6.07) is 2.79. The molecule has 0 bridgehead atoms. The molecule has 0 aliphatic rings. The summed E-state index contributed by atoms with van der Waals surface area (Å²) >= 11 is 0. The number of nitrogens with one attached hydrogen (secondary N) is 2. The highest BCUT2D eigenvalue weighted by Gasteiger charge is 2.16. The average Bonchev–Trinajstić information content (AvgIpc) is 2.37. The number of aliphatic hydroxyl groups is 1. The summed E-state index contributed by atoms with van der Waals surface area (Å²) in [5.41, 5.74) is -0.0200. The topological polar surface area (TPSA) is 100 Å². The van der Waals surface area contributed by atoms with E-state index in [0.29, 0.717) is 18.1 Å². The molecule has 106 valence electrons. The first kappa shape index (κ1) is 15.2. The molecule has 1 aromatic heterocycles. The quantitative estimate of drug-likeness (QED) is 0.515. The lowest BCUT2D eigenvalue weighted by atomic mass is 10.0. The van der Waals surface area contributed by atoms with Gasteiger partial charge in [-0.2, -0.15) is 0 Å². The van der Waals surface area contributed by atoms with Crippen molar-refractivity contribution >= 4 is 17.3 Å². The normalized spacial score (nSPS) is 12.3. The predicted octanol–water partition coefficient (Wildman–Crippen LogP) is 1.85. The Hall–Kier alpha value is -1.89. The van der Waals surface area contributed by atoms with E-state index in [-0.39, 0.29) is 24.3 Å². The Morgan fingerprint density at radius 3 is 2.53 bits per heavy atom. The van der Waals surface area contributed by atoms with Crippen molar-refractivity contribution in [3.63, 3.8) is 0 Å². The molecule has 7 nitrogen and oxygen atoms in total. The molecule has 1 rings (SSSR count). The smallest absolute Gasteiger partial charge is 0.276 e. The third-order valence-electron chi connectivity index (χ3n) is 2.86. The second-order valence-corrected chi connectivity index (χ2v) is 4.61. The fourth-order valence-electron chi connectivity index (χ4n) is 1.72. The number of nitro groups is 1. The highest BCUT2D eigenvalue weighted by Crippen LogP contribution is 2.22. The van der Waals surface area contributed by atoms with Gasteiger partial charge in [0.1, 0.15) is 11.6 Å². The lowest BCUT2D eigenvalue weighted by Crippen LogP contribution is -2.27. The highest BCUT2D eigenvalue weighted by atomic mass is 16.6. The third kappa shape index (κ3) is 4.36. The van der Waals surface area contributed by atoms with Crippen molar-refractivity contribution in [1.29, 1.82) is 0 Å². The third-order valence-corrected chi connectivity index (χ3v) is 2.86. The van der Waals surface area contributed by atoms with Crippen LogP contribution in [0, 0.1) is 16.0 Å². The molecule has 1 aromatic rings. The van der Waals surface area contributed by atoms with E-state index < -0.39 is 4.92 Å². The van der Waals surface area contributed by atoms with Crippen molar-refractivity contribution in [1.82, 2.24) is 4.98 Å². The van der Waals surface area contributed by atoms with Crippen molar-refractivity contribution < 1.29 is 10.0 Å². The van der Waals surface area contributed by atoms with Crippen molar-refractivity contribution in [2.45, 2.75) is 26.3 Å². The summed E-state index contributed by atoms with van der Waals surface area (Å²) < 4.78 is 0. The molecule has 7 heteroatoms. The van der Waals surface area contributed by atoms with Gasteiger partial charge in [-0.05, 0) is 12.3 Å². The number of hydrogen-bond donors (Lipinski definition) is 3. The second-order valence-electron chi connectivity index (χ2n) is 4.61. The maximum absolute atomic E-state index is 10.8. The summed E-state index contributed by atoms with van der Waals surface area (Å²) in [5.74, 6) is 1.15. The van der Waals surface area contributed by atoms with Crippen LogP contribution in [0.25, 0.3) is 0 Å². The minimum Gasteiger partial charge on any atom is -0.396 e. The van der Waals surface area contributed by atoms with Gasteiger partial charge >= 0.3 is 0 Å². The fourth-order valence-corrected chi connectivity index (χ4v) is 1.72. The Morgan fingerprint density at radius 1 is 1.42 bits per heavy atom. The largest absolute Gasteiger partial charge is 0.396 e. The van der Waals surface area contributed by atoms with E-state index in [1.54, 1.807) is 7.05 Å². The van der Waals surface area contributed by atoms with Crippen LogP contribution in [0.4, 0.5) is 17.3 Å². The maximum Gasteiger partial charge on any atom is 0.276 e. The number of aliphatic hydroxyl groups excluding tert-OH is 1. The molecule has 0 aliphatic heterocycles. The monoisotopic (exact) mass is 268 g/mol. The molecule has 1 unspecified atom stereocenters. The molecule has 0 saturated heterocycles. The molecule has 0 saturated carbocycles. The molecule has 0 spiro atoms. The van der Waals surface area contributed by atoms with Crippen LogP contribution in [0.2, 0.25) is 0 Å². The van der Waals surface area contributed by atoms with E-state index in [1.807, 2.05) is 13.8 Å². The zero-order chi connectivity index (χ0) is 14.4. The molecule has 0 aromatic carbocycles. The maximum atomic E-state index is 10.8. The van der Waals surface area contributed by atoms with Crippen molar-refractivity contribution in [3.05, 3.63) is 22.2 Å². The van der Waals surface area contributed by atoms with Crippen LogP contribution in [0.5, 0.6) is 0 Å². The molecule has 0 aliphatic carbocycles. The number of anilines is 2. The zero-order valence-corrected chi connectivity index (χ0v) is 11.4. The first-order chi connectivity index (χ1) is 8.97. The minimum absolute atomic E-state index is 0.0178. The van der Waals surface area contributed by atoms with Crippen LogP contribution in [-0.4, -0.2) is 34.7 Å². The van der Waals surface area contributed by atoms with Crippen LogP contribution in [0.15, 0.2) is 12.1 Å². The van der Waals surface area contributed by atoms with Gasteiger partial charge in [-0.3, -0.25) is 10.1 Å². The molecule has 1 atom stereocenters. The van der Waals surface area contributed by atoms with Crippen LogP contribution in [-0.2, 0) is 0 Å². The standard InChI is InChI=1S/C12H20N4O3/c1-8(2)10(4-5-17)14-12-7-9(16(18)19)6-11(13-3)15-12/h6-8,10,17H,4-5H2,1-3H3,(H2,13,14,15). The Morgan fingerprint density at radius 2 is 2.05 bits per heavy atom. The molecule has 3 N–H and O–H groups in total. The summed E-state index contributed by atoms with van der Waals surface area (Å²) in [7, 11) is 1.66. The molecule has 0 radical (unpaired) electrons. The van der Waals surface area contributed by atoms with Gasteiger partial charge in [0.15, 0.2) is 0 Å². The average molecular weight is 268 g/mol. The fraction of sp³-hybridized carbons (Fsp3) is 0.583. The molecular weight excluding hydrogens is 248 g/mol. The molecule has 19 heavy (non-hydrogen) atoms. The van der Waals surface area contributed by atoms with Gasteiger partial charge in [-0.15, -0.1) is 0 Å². The van der Waals surface area contributed by atoms with Crippen LogP contribution in [0.3, 0.4) is 0 Å². The Labute approximate surface area is 112 Å². The summed E-state index contributed by atoms with van der Waals surface area (Å²) in [6.07, 6.45) is 0.566. The van der Waals surface area contributed by atoms with Gasteiger partial charge in [0, 0.05) is 19.7 Å². The van der Waals surface area contributed by atoms with Crippen LogP contribution >= 0.6 is 0 Å². The van der Waals surface area contributed by atoms with E-state index in [2.05, 4.69) is 15.6 Å². The van der Waals surface area contributed by atoms with Gasteiger partial charge in [-0.1, -0.05) is 13.8 Å². The number of hydrogen-bond acceptors (Lipinski definition) is 6. The summed E-state index contributed by atoms with van der Waals surface area (Å²) in [6.45, 7) is 4.09. The van der Waals surface area contributed by atoms with Gasteiger partial charge in [0.25, 0.3) is 5.69 Å². The number of pyridine rings is 1. The number of nitrogens with zero attached hydrogens (tertiary/aromatic N) is 2. The van der Waals surface area contributed by atoms with Crippen LogP contribution in [0.1, 0.15) is 20.3 Å². The SMILES string of the molecule is CNc1cc([N+](=O)[O-])cc(NC(CCO)C(C)C)n1. The molecule has 1 heterocycles. The molecule has 0 amide bonds. The van der Waals surface area contributed by atoms with E-state index in [9.17, 15) is 10.1 Å². The molecular formula is C12H20N4O3. The minimum atomic E-state index is -0.454.